The van der Waals surface area contributed by atoms with Crippen LogP contribution in [0.2, 0.25) is 0 Å². The predicted octanol–water partition coefficient (Wildman–Crippen LogP) is 0.916. The van der Waals surface area contributed by atoms with Gasteiger partial charge in [0.15, 0.2) is 0 Å². The van der Waals surface area contributed by atoms with Crippen LogP contribution in [0.3, 0.4) is 0 Å². The summed E-state index contributed by atoms with van der Waals surface area (Å²) in [4.78, 5) is 13.7. The zero-order chi connectivity index (χ0) is 15.5. The highest BCUT2D eigenvalue weighted by molar-refractivity contribution is 7.88. The quantitative estimate of drug-likeness (QED) is 0.759. The van der Waals surface area contributed by atoms with Crippen molar-refractivity contribution in [2.75, 3.05) is 32.4 Å². The largest absolute Gasteiger partial charge is 0.330 e. The molecule has 21 heavy (non-hydrogen) atoms. The first-order chi connectivity index (χ1) is 9.63. The van der Waals surface area contributed by atoms with E-state index in [1.54, 1.807) is 0 Å². The number of amides is 1. The molecule has 2 aliphatic heterocycles. The normalized spacial score (nSPS) is 36.1. The Morgan fingerprint density at radius 3 is 2.38 bits per heavy atom. The van der Waals surface area contributed by atoms with Crippen molar-refractivity contribution >= 4 is 15.9 Å². The number of carbonyl (C=O) groups excluding carboxylic acids is 1. The van der Waals surface area contributed by atoms with E-state index in [0.29, 0.717) is 25.9 Å². The van der Waals surface area contributed by atoms with Crippen LogP contribution in [0.4, 0.5) is 8.78 Å². The Kier molecular flexibility index (Phi) is 3.33. The molecule has 1 spiro atoms. The molecular formula is C13H20F2N2O3S. The van der Waals surface area contributed by atoms with Crippen molar-refractivity contribution in [2.24, 2.45) is 11.3 Å². The summed E-state index contributed by atoms with van der Waals surface area (Å²) >= 11 is 0. The fourth-order valence-corrected chi connectivity index (χ4v) is 4.96. The van der Waals surface area contributed by atoms with Crippen molar-refractivity contribution < 1.29 is 22.0 Å². The number of halogens is 2. The first-order valence-corrected chi connectivity index (χ1v) is 9.10. The molecule has 5 nitrogen and oxygen atoms in total. The lowest BCUT2D eigenvalue weighted by Gasteiger charge is -2.42. The van der Waals surface area contributed by atoms with E-state index in [1.807, 2.05) is 0 Å². The van der Waals surface area contributed by atoms with Gasteiger partial charge in [-0.25, -0.2) is 21.5 Å². The zero-order valence-electron chi connectivity index (χ0n) is 12.0. The van der Waals surface area contributed by atoms with Crippen LogP contribution in [0, 0.1) is 11.3 Å². The summed E-state index contributed by atoms with van der Waals surface area (Å²) in [7, 11) is -3.26. The van der Waals surface area contributed by atoms with Crippen LogP contribution < -0.4 is 0 Å². The molecule has 1 saturated carbocycles. The first kappa shape index (κ1) is 15.1. The predicted molar refractivity (Wildman–Crippen MR) is 72.3 cm³/mol. The SMILES string of the molecule is CS(=O)(=O)N1CC[C@@]2(CCC[C@H]2C(=O)N2CC(F)(F)C2)C1. The van der Waals surface area contributed by atoms with Crippen molar-refractivity contribution in [2.45, 2.75) is 31.6 Å². The number of nitrogens with zero attached hydrogens (tertiary/aromatic N) is 2. The van der Waals surface area contributed by atoms with E-state index in [0.717, 1.165) is 12.8 Å². The van der Waals surface area contributed by atoms with Gasteiger partial charge in [-0.15, -0.1) is 0 Å². The van der Waals surface area contributed by atoms with Crippen molar-refractivity contribution in [3.05, 3.63) is 0 Å². The minimum Gasteiger partial charge on any atom is -0.330 e. The average molecular weight is 322 g/mol. The van der Waals surface area contributed by atoms with Gasteiger partial charge in [0.1, 0.15) is 0 Å². The third kappa shape index (κ3) is 2.56. The Labute approximate surface area is 123 Å². The van der Waals surface area contributed by atoms with Gasteiger partial charge in [-0.1, -0.05) is 6.42 Å². The summed E-state index contributed by atoms with van der Waals surface area (Å²) in [5.41, 5.74) is -0.342. The second-order valence-corrected chi connectivity index (χ2v) is 8.69. The Morgan fingerprint density at radius 2 is 1.86 bits per heavy atom. The highest BCUT2D eigenvalue weighted by Gasteiger charge is 2.55. The molecule has 0 aromatic heterocycles. The molecule has 3 aliphatic rings. The van der Waals surface area contributed by atoms with Gasteiger partial charge in [0.25, 0.3) is 5.92 Å². The Morgan fingerprint density at radius 1 is 1.19 bits per heavy atom. The Balaban J connectivity index is 1.73. The van der Waals surface area contributed by atoms with Crippen LogP contribution >= 0.6 is 0 Å². The Bertz CT molecular complexity index is 558. The summed E-state index contributed by atoms with van der Waals surface area (Å²) in [5.74, 6) is -3.27. The van der Waals surface area contributed by atoms with Gasteiger partial charge < -0.3 is 4.90 Å². The molecular weight excluding hydrogens is 302 g/mol. The van der Waals surface area contributed by atoms with Gasteiger partial charge in [-0.2, -0.15) is 0 Å². The van der Waals surface area contributed by atoms with E-state index in [-0.39, 0.29) is 17.2 Å². The van der Waals surface area contributed by atoms with E-state index >= 15 is 0 Å². The van der Waals surface area contributed by atoms with Gasteiger partial charge in [0.05, 0.1) is 19.3 Å². The highest BCUT2D eigenvalue weighted by Crippen LogP contribution is 2.51. The zero-order valence-corrected chi connectivity index (χ0v) is 12.8. The first-order valence-electron chi connectivity index (χ1n) is 7.25. The minimum atomic E-state index is -3.26. The molecule has 0 aromatic rings. The smallest absolute Gasteiger partial charge is 0.282 e. The van der Waals surface area contributed by atoms with Gasteiger partial charge in [0, 0.05) is 19.0 Å². The second kappa shape index (κ2) is 4.62. The topological polar surface area (TPSA) is 57.7 Å². The van der Waals surface area contributed by atoms with Crippen molar-refractivity contribution in [1.82, 2.24) is 9.21 Å². The summed E-state index contributed by atoms with van der Waals surface area (Å²) in [6.07, 6.45) is 4.17. The van der Waals surface area contributed by atoms with Crippen LogP contribution in [0.5, 0.6) is 0 Å². The summed E-state index contributed by atoms with van der Waals surface area (Å²) in [6.45, 7) is -0.201. The van der Waals surface area contributed by atoms with Crippen LogP contribution in [-0.2, 0) is 14.8 Å². The standard InChI is InChI=1S/C13H20F2N2O3S/c1-21(19,20)17-6-5-12(7-17)4-2-3-10(12)11(18)16-8-13(14,15)9-16/h10H,2-9H2,1H3/t10-,12-/m0/s1. The van der Waals surface area contributed by atoms with Gasteiger partial charge >= 0.3 is 0 Å². The van der Waals surface area contributed by atoms with E-state index in [2.05, 4.69) is 0 Å². The Hall–Kier alpha value is -0.760. The van der Waals surface area contributed by atoms with Crippen molar-refractivity contribution in [3.63, 3.8) is 0 Å². The molecule has 0 unspecified atom stereocenters. The fourth-order valence-electron chi connectivity index (χ4n) is 4.04. The molecule has 2 saturated heterocycles. The van der Waals surface area contributed by atoms with E-state index in [4.69, 9.17) is 0 Å². The number of likely N-dealkylation sites (tertiary alicyclic amines) is 1. The highest BCUT2D eigenvalue weighted by atomic mass is 32.2. The van der Waals surface area contributed by atoms with Crippen LogP contribution in [0.25, 0.3) is 0 Å². The maximum atomic E-state index is 12.9. The lowest BCUT2D eigenvalue weighted by atomic mass is 9.76. The maximum absolute atomic E-state index is 12.9. The monoisotopic (exact) mass is 322 g/mol. The van der Waals surface area contributed by atoms with Gasteiger partial charge in [-0.3, -0.25) is 4.79 Å². The molecule has 0 N–H and O–H groups in total. The summed E-state index contributed by atoms with van der Waals surface area (Å²) in [5, 5.41) is 0. The van der Waals surface area contributed by atoms with Crippen LogP contribution in [0.15, 0.2) is 0 Å². The maximum Gasteiger partial charge on any atom is 0.282 e. The fraction of sp³-hybridized carbons (Fsp3) is 0.923. The lowest BCUT2D eigenvalue weighted by molar-refractivity contribution is -0.172. The van der Waals surface area contributed by atoms with E-state index in [1.165, 1.54) is 15.5 Å². The molecule has 2 heterocycles. The number of hydrogen-bond acceptors (Lipinski definition) is 3. The van der Waals surface area contributed by atoms with Crippen LogP contribution in [0.1, 0.15) is 25.7 Å². The van der Waals surface area contributed by atoms with E-state index < -0.39 is 29.0 Å². The number of rotatable bonds is 2. The molecule has 0 bridgehead atoms. The molecule has 3 rings (SSSR count). The average Bonchev–Trinajstić information content (AvgIpc) is 2.93. The molecule has 1 amide bonds. The summed E-state index contributed by atoms with van der Waals surface area (Å²) < 4.78 is 50.6. The molecule has 1 aliphatic carbocycles. The number of alkyl halides is 2. The molecule has 8 heteroatoms. The number of carbonyl (C=O) groups is 1. The lowest BCUT2D eigenvalue weighted by Crippen LogP contribution is -2.60. The molecule has 3 fully saturated rings. The van der Waals surface area contributed by atoms with Crippen molar-refractivity contribution in [1.29, 1.82) is 0 Å². The molecule has 0 aromatic carbocycles. The van der Waals surface area contributed by atoms with Gasteiger partial charge in [-0.05, 0) is 24.7 Å². The number of sulfonamides is 1. The molecule has 120 valence electrons. The summed E-state index contributed by atoms with van der Waals surface area (Å²) in [6, 6.07) is 0. The molecule has 0 radical (unpaired) electrons. The molecule has 2 atom stereocenters. The second-order valence-electron chi connectivity index (χ2n) is 6.70. The van der Waals surface area contributed by atoms with E-state index in [9.17, 15) is 22.0 Å². The third-order valence-electron chi connectivity index (χ3n) is 5.18. The third-order valence-corrected chi connectivity index (χ3v) is 6.43. The minimum absolute atomic E-state index is 0.214. The van der Waals surface area contributed by atoms with Gasteiger partial charge in [0.2, 0.25) is 15.9 Å². The van der Waals surface area contributed by atoms with Crippen molar-refractivity contribution in [3.8, 4) is 0 Å². The van der Waals surface area contributed by atoms with Crippen LogP contribution in [-0.4, -0.2) is 61.9 Å². The number of hydrogen-bond donors (Lipinski definition) is 0.